The SMILES string of the molecule is Cc1ccc(-n2nccn2)c(C(=O)N2CCCC(COc3nccc4ccccc34)C2C2CC2)c1. The number of aromatic nitrogens is 4. The van der Waals surface area contributed by atoms with Gasteiger partial charge in [-0.05, 0) is 68.2 Å². The summed E-state index contributed by atoms with van der Waals surface area (Å²) in [5.74, 6) is 1.54. The van der Waals surface area contributed by atoms with E-state index in [1.165, 1.54) is 17.6 Å². The molecule has 2 atom stereocenters. The third-order valence-electron chi connectivity index (χ3n) is 7.27. The Labute approximate surface area is 204 Å². The number of ether oxygens (including phenoxy) is 1. The van der Waals surface area contributed by atoms with Gasteiger partial charge in [0, 0.05) is 30.1 Å². The van der Waals surface area contributed by atoms with E-state index in [1.807, 2.05) is 43.3 Å². The highest BCUT2D eigenvalue weighted by atomic mass is 16.5. The van der Waals surface area contributed by atoms with E-state index in [0.29, 0.717) is 24.0 Å². The zero-order chi connectivity index (χ0) is 23.8. The second-order valence-electron chi connectivity index (χ2n) is 9.72. The quantitative estimate of drug-likeness (QED) is 0.406. The normalized spacial score (nSPS) is 20.2. The van der Waals surface area contributed by atoms with Crippen LogP contribution in [0, 0.1) is 18.8 Å². The molecular formula is C28H29N5O2. The van der Waals surface area contributed by atoms with Gasteiger partial charge in [0.25, 0.3) is 5.91 Å². The smallest absolute Gasteiger partial charge is 0.256 e. The molecule has 1 saturated carbocycles. The Morgan fingerprint density at radius 2 is 1.86 bits per heavy atom. The Hall–Kier alpha value is -3.74. The molecule has 2 fully saturated rings. The zero-order valence-corrected chi connectivity index (χ0v) is 19.9. The first kappa shape index (κ1) is 21.8. The topological polar surface area (TPSA) is 73.1 Å². The number of benzene rings is 2. The van der Waals surface area contributed by atoms with Gasteiger partial charge in [0.05, 0.1) is 30.3 Å². The van der Waals surface area contributed by atoms with Gasteiger partial charge in [0.15, 0.2) is 0 Å². The van der Waals surface area contributed by atoms with E-state index in [9.17, 15) is 4.79 Å². The Kier molecular flexibility index (Phi) is 5.68. The number of fused-ring (bicyclic) bond motifs is 1. The van der Waals surface area contributed by atoms with Crippen molar-refractivity contribution >= 4 is 16.7 Å². The van der Waals surface area contributed by atoms with Crippen LogP contribution in [0.15, 0.2) is 67.1 Å². The van der Waals surface area contributed by atoms with Crippen LogP contribution in [-0.4, -0.2) is 50.0 Å². The van der Waals surface area contributed by atoms with Crippen LogP contribution in [0.5, 0.6) is 5.88 Å². The van der Waals surface area contributed by atoms with E-state index in [0.717, 1.165) is 41.4 Å². The zero-order valence-electron chi connectivity index (χ0n) is 19.9. The number of carbonyl (C=O) groups is 1. The molecule has 1 aliphatic carbocycles. The summed E-state index contributed by atoms with van der Waals surface area (Å²) in [5, 5.41) is 10.7. The molecule has 178 valence electrons. The molecule has 0 bridgehead atoms. The molecule has 7 heteroatoms. The van der Waals surface area contributed by atoms with Crippen molar-refractivity contribution in [3.05, 3.63) is 78.2 Å². The molecule has 0 spiro atoms. The van der Waals surface area contributed by atoms with Crippen molar-refractivity contribution in [2.75, 3.05) is 13.2 Å². The number of hydrogen-bond donors (Lipinski definition) is 0. The van der Waals surface area contributed by atoms with Crippen molar-refractivity contribution in [2.45, 2.75) is 38.6 Å². The van der Waals surface area contributed by atoms with Gasteiger partial charge >= 0.3 is 0 Å². The largest absolute Gasteiger partial charge is 0.477 e. The summed E-state index contributed by atoms with van der Waals surface area (Å²) in [6.07, 6.45) is 9.42. The van der Waals surface area contributed by atoms with Crippen LogP contribution in [-0.2, 0) is 0 Å². The first-order chi connectivity index (χ1) is 17.2. The number of amides is 1. The highest BCUT2D eigenvalue weighted by Gasteiger charge is 2.44. The number of nitrogens with zero attached hydrogens (tertiary/aromatic N) is 5. The number of carbonyl (C=O) groups excluding carboxylic acids is 1. The Balaban J connectivity index is 1.27. The second kappa shape index (κ2) is 9.13. The molecule has 2 aromatic heterocycles. The van der Waals surface area contributed by atoms with Crippen LogP contribution in [0.2, 0.25) is 0 Å². The van der Waals surface area contributed by atoms with Gasteiger partial charge in [-0.2, -0.15) is 15.0 Å². The van der Waals surface area contributed by atoms with Gasteiger partial charge in [-0.15, -0.1) is 0 Å². The van der Waals surface area contributed by atoms with Gasteiger partial charge in [-0.3, -0.25) is 4.79 Å². The fourth-order valence-electron chi connectivity index (χ4n) is 5.48. The van der Waals surface area contributed by atoms with E-state index in [1.54, 1.807) is 18.6 Å². The standard InChI is InChI=1S/C28H29N5O2/c1-19-8-11-25(33-30-14-15-31-33)24(17-19)28(34)32-16-4-6-22(26(32)21-9-10-21)18-35-27-23-7-3-2-5-20(23)12-13-29-27/h2-3,5,7-8,11-15,17,21-22,26H,4,6,9-10,16,18H2,1H3. The predicted molar refractivity (Wildman–Crippen MR) is 134 cm³/mol. The van der Waals surface area contributed by atoms with Crippen LogP contribution < -0.4 is 4.74 Å². The number of rotatable bonds is 6. The Morgan fingerprint density at radius 1 is 1.03 bits per heavy atom. The average molecular weight is 468 g/mol. The number of aryl methyl sites for hydroxylation is 1. The maximum Gasteiger partial charge on any atom is 0.256 e. The van der Waals surface area contributed by atoms with Crippen molar-refractivity contribution in [2.24, 2.45) is 11.8 Å². The summed E-state index contributed by atoms with van der Waals surface area (Å²) < 4.78 is 6.33. The molecule has 35 heavy (non-hydrogen) atoms. The molecule has 6 rings (SSSR count). The number of pyridine rings is 1. The Bertz CT molecular complexity index is 1340. The van der Waals surface area contributed by atoms with E-state index >= 15 is 0 Å². The molecule has 2 unspecified atom stereocenters. The fourth-order valence-corrected chi connectivity index (χ4v) is 5.48. The molecule has 4 aromatic rings. The van der Waals surface area contributed by atoms with E-state index in [4.69, 9.17) is 4.74 Å². The number of likely N-dealkylation sites (tertiary alicyclic amines) is 1. The molecule has 0 radical (unpaired) electrons. The van der Waals surface area contributed by atoms with Crippen molar-refractivity contribution in [1.29, 1.82) is 0 Å². The van der Waals surface area contributed by atoms with Crippen molar-refractivity contribution in [1.82, 2.24) is 24.9 Å². The van der Waals surface area contributed by atoms with Crippen LogP contribution in [0.25, 0.3) is 16.5 Å². The van der Waals surface area contributed by atoms with Crippen molar-refractivity contribution in [3.63, 3.8) is 0 Å². The van der Waals surface area contributed by atoms with E-state index in [2.05, 4.69) is 32.2 Å². The van der Waals surface area contributed by atoms with Crippen molar-refractivity contribution in [3.8, 4) is 11.6 Å². The van der Waals surface area contributed by atoms with Gasteiger partial charge in [0.1, 0.15) is 0 Å². The first-order valence-electron chi connectivity index (χ1n) is 12.4. The summed E-state index contributed by atoms with van der Waals surface area (Å²) in [4.78, 5) is 22.2. The minimum Gasteiger partial charge on any atom is -0.477 e. The minimum absolute atomic E-state index is 0.0610. The number of hydrogen-bond acceptors (Lipinski definition) is 5. The Morgan fingerprint density at radius 3 is 2.69 bits per heavy atom. The van der Waals surface area contributed by atoms with E-state index < -0.39 is 0 Å². The van der Waals surface area contributed by atoms with Crippen LogP contribution in [0.3, 0.4) is 0 Å². The van der Waals surface area contributed by atoms with Crippen LogP contribution >= 0.6 is 0 Å². The molecular weight excluding hydrogens is 438 g/mol. The first-order valence-corrected chi connectivity index (χ1v) is 12.4. The number of piperidine rings is 1. The summed E-state index contributed by atoms with van der Waals surface area (Å²) in [6.45, 7) is 3.34. The van der Waals surface area contributed by atoms with Crippen LogP contribution in [0.4, 0.5) is 0 Å². The third kappa shape index (κ3) is 4.27. The monoisotopic (exact) mass is 467 g/mol. The maximum absolute atomic E-state index is 14.0. The summed E-state index contributed by atoms with van der Waals surface area (Å²) in [7, 11) is 0. The molecule has 1 saturated heterocycles. The second-order valence-corrected chi connectivity index (χ2v) is 9.72. The van der Waals surface area contributed by atoms with Gasteiger partial charge in [0.2, 0.25) is 5.88 Å². The van der Waals surface area contributed by atoms with Gasteiger partial charge in [-0.25, -0.2) is 4.98 Å². The molecule has 0 N–H and O–H groups in total. The minimum atomic E-state index is 0.0610. The summed E-state index contributed by atoms with van der Waals surface area (Å²) in [5.41, 5.74) is 2.42. The lowest BCUT2D eigenvalue weighted by Gasteiger charge is -2.42. The average Bonchev–Trinajstić information content (AvgIpc) is 3.59. The molecule has 2 aliphatic rings. The molecule has 7 nitrogen and oxygen atoms in total. The molecule has 1 aliphatic heterocycles. The van der Waals surface area contributed by atoms with Crippen molar-refractivity contribution < 1.29 is 9.53 Å². The van der Waals surface area contributed by atoms with Crippen LogP contribution in [0.1, 0.15) is 41.6 Å². The molecule has 1 amide bonds. The lowest BCUT2D eigenvalue weighted by Crippen LogP contribution is -2.51. The lowest BCUT2D eigenvalue weighted by atomic mass is 9.86. The predicted octanol–water partition coefficient (Wildman–Crippen LogP) is 4.83. The third-order valence-corrected chi connectivity index (χ3v) is 7.27. The molecule has 2 aromatic carbocycles. The van der Waals surface area contributed by atoms with E-state index in [-0.39, 0.29) is 17.9 Å². The lowest BCUT2D eigenvalue weighted by molar-refractivity contribution is 0.0342. The summed E-state index contributed by atoms with van der Waals surface area (Å²) in [6, 6.07) is 16.2. The highest BCUT2D eigenvalue weighted by molar-refractivity contribution is 5.98. The highest BCUT2D eigenvalue weighted by Crippen LogP contribution is 2.43. The molecule has 3 heterocycles. The maximum atomic E-state index is 14.0. The van der Waals surface area contributed by atoms with Gasteiger partial charge in [-0.1, -0.05) is 29.8 Å². The van der Waals surface area contributed by atoms with Gasteiger partial charge < -0.3 is 9.64 Å². The fraction of sp³-hybridized carbons (Fsp3) is 0.357. The summed E-state index contributed by atoms with van der Waals surface area (Å²) >= 11 is 0.